The van der Waals surface area contributed by atoms with Gasteiger partial charge in [0.1, 0.15) is 0 Å². The Labute approximate surface area is 140 Å². The Balaban J connectivity index is 1.55. The van der Waals surface area contributed by atoms with Crippen molar-refractivity contribution in [3.63, 3.8) is 0 Å². The second-order valence-corrected chi connectivity index (χ2v) is 8.04. The van der Waals surface area contributed by atoms with Crippen molar-refractivity contribution in [1.82, 2.24) is 20.3 Å². The Morgan fingerprint density at radius 3 is 2.43 bits per heavy atom. The molecule has 0 aromatic carbocycles. The quantitative estimate of drug-likeness (QED) is 0.696. The number of rotatable bonds is 5. The first-order valence-electron chi connectivity index (χ1n) is 8.16. The van der Waals surface area contributed by atoms with Crippen molar-refractivity contribution in [2.45, 2.75) is 56.0 Å². The van der Waals surface area contributed by atoms with Gasteiger partial charge in [0.2, 0.25) is 17.8 Å². The SMILES string of the molecule is C[C@H](Sc1nc(N)nc(N)n1)C(=O)N[C@@H](C)[C@@H]1C[C@H]2CC[C@H]1C2. The van der Waals surface area contributed by atoms with Crippen molar-refractivity contribution >= 4 is 29.6 Å². The Kier molecular flexibility index (Phi) is 4.61. The van der Waals surface area contributed by atoms with Gasteiger partial charge in [0.15, 0.2) is 5.16 Å². The predicted octanol–water partition coefficient (Wildman–Crippen LogP) is 1.46. The van der Waals surface area contributed by atoms with E-state index in [2.05, 4.69) is 27.2 Å². The van der Waals surface area contributed by atoms with Gasteiger partial charge in [0, 0.05) is 6.04 Å². The van der Waals surface area contributed by atoms with E-state index in [4.69, 9.17) is 11.5 Å². The normalized spacial score (nSPS) is 28.5. The molecule has 8 heteroatoms. The zero-order chi connectivity index (χ0) is 16.6. The molecule has 7 nitrogen and oxygen atoms in total. The van der Waals surface area contributed by atoms with E-state index in [-0.39, 0.29) is 29.1 Å². The third kappa shape index (κ3) is 3.68. The topological polar surface area (TPSA) is 120 Å². The first kappa shape index (κ1) is 16.3. The zero-order valence-electron chi connectivity index (χ0n) is 13.5. The number of carbonyl (C=O) groups excluding carboxylic acids is 1. The van der Waals surface area contributed by atoms with Crippen LogP contribution in [0.25, 0.3) is 0 Å². The van der Waals surface area contributed by atoms with E-state index in [1.165, 1.54) is 37.4 Å². The summed E-state index contributed by atoms with van der Waals surface area (Å²) in [5.74, 6) is 2.45. The fraction of sp³-hybridized carbons (Fsp3) is 0.733. The predicted molar refractivity (Wildman–Crippen MR) is 90.5 cm³/mol. The fourth-order valence-electron chi connectivity index (χ4n) is 4.01. The standard InChI is InChI=1S/C15H24N6OS/c1-7(11-6-9-3-4-10(11)5-9)18-12(22)8(2)23-15-20-13(16)19-14(17)21-15/h7-11H,3-6H2,1-2H3,(H,18,22)(H4,16,17,19,20,21)/t7-,8-,9-,10-,11-/m0/s1. The summed E-state index contributed by atoms with van der Waals surface area (Å²) < 4.78 is 0. The summed E-state index contributed by atoms with van der Waals surface area (Å²) in [5, 5.41) is 3.23. The minimum atomic E-state index is -0.308. The van der Waals surface area contributed by atoms with E-state index in [1.54, 1.807) is 0 Å². The lowest BCUT2D eigenvalue weighted by Crippen LogP contribution is -2.43. The average Bonchev–Trinajstić information content (AvgIpc) is 3.08. The van der Waals surface area contributed by atoms with Crippen molar-refractivity contribution in [2.24, 2.45) is 17.8 Å². The van der Waals surface area contributed by atoms with Crippen LogP contribution in [-0.2, 0) is 4.79 Å². The second-order valence-electron chi connectivity index (χ2n) is 6.73. The van der Waals surface area contributed by atoms with Crippen LogP contribution in [-0.4, -0.2) is 32.2 Å². The molecule has 5 N–H and O–H groups in total. The van der Waals surface area contributed by atoms with E-state index >= 15 is 0 Å². The van der Waals surface area contributed by atoms with Crippen LogP contribution in [0.2, 0.25) is 0 Å². The van der Waals surface area contributed by atoms with E-state index in [0.717, 1.165) is 11.8 Å². The van der Waals surface area contributed by atoms with Crippen LogP contribution in [0.3, 0.4) is 0 Å². The van der Waals surface area contributed by atoms with Crippen LogP contribution >= 0.6 is 11.8 Å². The number of amides is 1. The van der Waals surface area contributed by atoms with Crippen LogP contribution in [0, 0.1) is 17.8 Å². The second kappa shape index (κ2) is 6.51. The van der Waals surface area contributed by atoms with Crippen molar-refractivity contribution in [1.29, 1.82) is 0 Å². The molecule has 0 saturated heterocycles. The molecule has 2 fully saturated rings. The molecule has 2 saturated carbocycles. The summed E-state index contributed by atoms with van der Waals surface area (Å²) in [6.45, 7) is 3.96. The number of nitrogens with one attached hydrogen (secondary N) is 1. The number of hydrogen-bond acceptors (Lipinski definition) is 7. The van der Waals surface area contributed by atoms with Crippen molar-refractivity contribution in [2.75, 3.05) is 11.5 Å². The lowest BCUT2D eigenvalue weighted by Gasteiger charge is -2.29. The van der Waals surface area contributed by atoms with Gasteiger partial charge in [-0.05, 0) is 50.9 Å². The van der Waals surface area contributed by atoms with Gasteiger partial charge in [-0.25, -0.2) is 0 Å². The molecule has 1 amide bonds. The Morgan fingerprint density at radius 1 is 1.17 bits per heavy atom. The van der Waals surface area contributed by atoms with E-state index < -0.39 is 0 Å². The van der Waals surface area contributed by atoms with Gasteiger partial charge < -0.3 is 16.8 Å². The molecule has 3 rings (SSSR count). The lowest BCUT2D eigenvalue weighted by molar-refractivity contribution is -0.121. The molecular formula is C15H24N6OS. The molecule has 1 heterocycles. The molecule has 126 valence electrons. The summed E-state index contributed by atoms with van der Waals surface area (Å²) in [5.41, 5.74) is 11.1. The molecule has 0 radical (unpaired) electrons. The number of nitrogen functional groups attached to an aromatic ring is 2. The number of aromatic nitrogens is 3. The molecule has 2 aliphatic carbocycles. The molecule has 5 atom stereocenters. The maximum atomic E-state index is 12.4. The Bertz CT molecular complexity index is 577. The minimum Gasteiger partial charge on any atom is -0.368 e. The summed E-state index contributed by atoms with van der Waals surface area (Å²) in [4.78, 5) is 24.2. The van der Waals surface area contributed by atoms with Gasteiger partial charge in [0.05, 0.1) is 5.25 Å². The summed E-state index contributed by atoms with van der Waals surface area (Å²) in [7, 11) is 0. The average molecular weight is 336 g/mol. The highest BCUT2D eigenvalue weighted by molar-refractivity contribution is 8.00. The highest BCUT2D eigenvalue weighted by Crippen LogP contribution is 2.49. The monoisotopic (exact) mass is 336 g/mol. The maximum absolute atomic E-state index is 12.4. The number of fused-ring (bicyclic) bond motifs is 2. The molecule has 23 heavy (non-hydrogen) atoms. The third-order valence-corrected chi connectivity index (χ3v) is 6.07. The van der Waals surface area contributed by atoms with Gasteiger partial charge >= 0.3 is 0 Å². The number of nitrogens with zero attached hydrogens (tertiary/aromatic N) is 3. The highest BCUT2D eigenvalue weighted by Gasteiger charge is 2.42. The van der Waals surface area contributed by atoms with Gasteiger partial charge in [-0.3, -0.25) is 4.79 Å². The minimum absolute atomic E-state index is 0.00262. The van der Waals surface area contributed by atoms with Gasteiger partial charge in [-0.1, -0.05) is 18.2 Å². The molecule has 0 spiro atoms. The zero-order valence-corrected chi connectivity index (χ0v) is 14.3. The number of thioether (sulfide) groups is 1. The van der Waals surface area contributed by atoms with Crippen LogP contribution in [0.5, 0.6) is 0 Å². The lowest BCUT2D eigenvalue weighted by atomic mass is 9.84. The Morgan fingerprint density at radius 2 is 1.87 bits per heavy atom. The van der Waals surface area contributed by atoms with E-state index in [9.17, 15) is 4.79 Å². The molecule has 0 unspecified atom stereocenters. The number of hydrogen-bond donors (Lipinski definition) is 3. The van der Waals surface area contributed by atoms with Crippen LogP contribution in [0.4, 0.5) is 11.9 Å². The highest BCUT2D eigenvalue weighted by atomic mass is 32.2. The molecule has 2 bridgehead atoms. The fourth-order valence-corrected chi connectivity index (χ4v) is 4.79. The van der Waals surface area contributed by atoms with E-state index in [1.807, 2.05) is 6.92 Å². The first-order chi connectivity index (χ1) is 10.9. The Hall–Kier alpha value is -1.57. The van der Waals surface area contributed by atoms with Gasteiger partial charge in [0.25, 0.3) is 0 Å². The van der Waals surface area contributed by atoms with Crippen LogP contribution in [0.15, 0.2) is 5.16 Å². The summed E-state index contributed by atoms with van der Waals surface area (Å²) in [6.07, 6.45) is 5.30. The molecule has 2 aliphatic rings. The van der Waals surface area contributed by atoms with Crippen molar-refractivity contribution < 1.29 is 4.79 Å². The summed E-state index contributed by atoms with van der Waals surface area (Å²) >= 11 is 1.25. The van der Waals surface area contributed by atoms with Gasteiger partial charge in [-0.2, -0.15) is 15.0 Å². The molecular weight excluding hydrogens is 312 g/mol. The largest absolute Gasteiger partial charge is 0.368 e. The number of carbonyl (C=O) groups is 1. The van der Waals surface area contributed by atoms with Gasteiger partial charge in [-0.15, -0.1) is 0 Å². The smallest absolute Gasteiger partial charge is 0.233 e. The third-order valence-electron chi connectivity index (χ3n) is 5.11. The van der Waals surface area contributed by atoms with Crippen molar-refractivity contribution in [3.05, 3.63) is 0 Å². The first-order valence-corrected chi connectivity index (χ1v) is 9.04. The van der Waals surface area contributed by atoms with E-state index in [0.29, 0.717) is 11.1 Å². The molecule has 1 aromatic heterocycles. The maximum Gasteiger partial charge on any atom is 0.233 e. The van der Waals surface area contributed by atoms with Crippen LogP contribution < -0.4 is 16.8 Å². The molecule has 1 aromatic rings. The number of anilines is 2. The van der Waals surface area contributed by atoms with Crippen LogP contribution in [0.1, 0.15) is 39.5 Å². The molecule has 0 aliphatic heterocycles. The van der Waals surface area contributed by atoms with Crippen molar-refractivity contribution in [3.8, 4) is 0 Å². The number of nitrogens with two attached hydrogens (primary N) is 2. The summed E-state index contributed by atoms with van der Waals surface area (Å²) in [6, 6.07) is 0.217.